The van der Waals surface area contributed by atoms with Crippen LogP contribution in [0.2, 0.25) is 0 Å². The highest BCUT2D eigenvalue weighted by molar-refractivity contribution is 5.92. The molecule has 2 unspecified atom stereocenters. The van der Waals surface area contributed by atoms with Gasteiger partial charge in [-0.05, 0) is 43.4 Å². The van der Waals surface area contributed by atoms with Crippen molar-refractivity contribution in [1.29, 1.82) is 0 Å². The van der Waals surface area contributed by atoms with E-state index in [4.69, 9.17) is 10.5 Å². The molecule has 1 aliphatic carbocycles. The van der Waals surface area contributed by atoms with Crippen molar-refractivity contribution in [2.75, 3.05) is 24.3 Å². The largest absolute Gasteiger partial charge is 0.465 e. The number of esters is 1. The summed E-state index contributed by atoms with van der Waals surface area (Å²) in [5.74, 6) is 0.496. The van der Waals surface area contributed by atoms with Gasteiger partial charge in [0.2, 0.25) is 0 Å². The van der Waals surface area contributed by atoms with E-state index in [9.17, 15) is 4.79 Å². The molecule has 1 aliphatic heterocycles. The predicted octanol–water partition coefficient (Wildman–Crippen LogP) is 2.82. The number of methoxy groups -OCH3 is 1. The lowest BCUT2D eigenvalue weighted by molar-refractivity contribution is 0.0601. The molecule has 1 aromatic carbocycles. The highest BCUT2D eigenvalue weighted by Crippen LogP contribution is 2.40. The fourth-order valence-electron chi connectivity index (χ4n) is 3.74. The van der Waals surface area contributed by atoms with Gasteiger partial charge in [0, 0.05) is 12.6 Å². The van der Waals surface area contributed by atoms with Crippen molar-refractivity contribution in [1.82, 2.24) is 0 Å². The Bertz CT molecular complexity index is 515. The molecule has 2 atom stereocenters. The average molecular weight is 274 g/mol. The second kappa shape index (κ2) is 5.35. The van der Waals surface area contributed by atoms with Gasteiger partial charge in [-0.15, -0.1) is 0 Å². The lowest BCUT2D eigenvalue weighted by Gasteiger charge is -2.34. The van der Waals surface area contributed by atoms with E-state index in [2.05, 4.69) is 4.90 Å². The number of benzene rings is 1. The maximum Gasteiger partial charge on any atom is 0.337 e. The summed E-state index contributed by atoms with van der Waals surface area (Å²) in [6.45, 7) is 1.05. The molecule has 0 aromatic heterocycles. The third-order valence-electron chi connectivity index (χ3n) is 4.77. The van der Waals surface area contributed by atoms with Crippen LogP contribution in [0.15, 0.2) is 18.2 Å². The van der Waals surface area contributed by atoms with E-state index in [1.807, 2.05) is 12.1 Å². The number of hydrogen-bond acceptors (Lipinski definition) is 4. The van der Waals surface area contributed by atoms with Crippen LogP contribution in [-0.2, 0) is 4.74 Å². The zero-order valence-electron chi connectivity index (χ0n) is 12.0. The van der Waals surface area contributed by atoms with Gasteiger partial charge in [0.15, 0.2) is 0 Å². The number of fused-ring (bicyclic) bond motifs is 1. The third kappa shape index (κ3) is 2.23. The summed E-state index contributed by atoms with van der Waals surface area (Å²) >= 11 is 0. The van der Waals surface area contributed by atoms with Crippen molar-refractivity contribution >= 4 is 17.3 Å². The zero-order chi connectivity index (χ0) is 14.1. The molecule has 0 spiro atoms. The lowest BCUT2D eigenvalue weighted by Crippen LogP contribution is -2.35. The molecule has 2 aliphatic rings. The number of hydrogen-bond donors (Lipinski definition) is 1. The van der Waals surface area contributed by atoms with Crippen LogP contribution in [0.5, 0.6) is 0 Å². The van der Waals surface area contributed by atoms with Crippen LogP contribution in [0.25, 0.3) is 0 Å². The van der Waals surface area contributed by atoms with Crippen molar-refractivity contribution in [3.05, 3.63) is 23.8 Å². The Morgan fingerprint density at radius 3 is 2.90 bits per heavy atom. The summed E-state index contributed by atoms with van der Waals surface area (Å²) in [5.41, 5.74) is 8.47. The molecule has 1 heterocycles. The van der Waals surface area contributed by atoms with Gasteiger partial charge in [0.25, 0.3) is 0 Å². The van der Waals surface area contributed by atoms with Crippen LogP contribution in [0.1, 0.15) is 42.5 Å². The van der Waals surface area contributed by atoms with E-state index < -0.39 is 0 Å². The fourth-order valence-corrected chi connectivity index (χ4v) is 3.74. The highest BCUT2D eigenvalue weighted by Gasteiger charge is 2.36. The Kier molecular flexibility index (Phi) is 3.55. The maximum atomic E-state index is 11.7. The van der Waals surface area contributed by atoms with Crippen LogP contribution < -0.4 is 10.6 Å². The molecule has 2 N–H and O–H groups in total. The van der Waals surface area contributed by atoms with Gasteiger partial charge in [-0.25, -0.2) is 4.79 Å². The second-order valence-electron chi connectivity index (χ2n) is 5.86. The number of rotatable bonds is 2. The van der Waals surface area contributed by atoms with Gasteiger partial charge in [0.1, 0.15) is 0 Å². The fraction of sp³-hybridized carbons (Fsp3) is 0.562. The van der Waals surface area contributed by atoms with Crippen molar-refractivity contribution in [2.24, 2.45) is 5.92 Å². The monoisotopic (exact) mass is 274 g/mol. The van der Waals surface area contributed by atoms with Gasteiger partial charge in [-0.2, -0.15) is 0 Å². The van der Waals surface area contributed by atoms with E-state index in [1.54, 1.807) is 6.07 Å². The summed E-state index contributed by atoms with van der Waals surface area (Å²) in [6.07, 6.45) is 6.47. The van der Waals surface area contributed by atoms with Crippen molar-refractivity contribution < 1.29 is 9.53 Å². The van der Waals surface area contributed by atoms with E-state index in [-0.39, 0.29) is 5.97 Å². The molecular formula is C16H22N2O2. The van der Waals surface area contributed by atoms with Crippen LogP contribution >= 0.6 is 0 Å². The first-order chi connectivity index (χ1) is 9.70. The summed E-state index contributed by atoms with van der Waals surface area (Å²) in [5, 5.41) is 0. The molecule has 3 rings (SSSR count). The number of anilines is 2. The van der Waals surface area contributed by atoms with Gasteiger partial charge >= 0.3 is 5.97 Å². The summed E-state index contributed by atoms with van der Waals surface area (Å²) in [6, 6.07) is 6.04. The van der Waals surface area contributed by atoms with Gasteiger partial charge in [-0.1, -0.05) is 12.8 Å². The van der Waals surface area contributed by atoms with Gasteiger partial charge in [-0.3, -0.25) is 0 Å². The van der Waals surface area contributed by atoms with E-state index in [0.29, 0.717) is 11.6 Å². The van der Waals surface area contributed by atoms with Gasteiger partial charge < -0.3 is 15.4 Å². The Balaban J connectivity index is 1.91. The van der Waals surface area contributed by atoms with E-state index >= 15 is 0 Å². The summed E-state index contributed by atoms with van der Waals surface area (Å²) in [4.78, 5) is 14.1. The molecule has 1 saturated heterocycles. The maximum absolute atomic E-state index is 11.7. The molecule has 1 saturated carbocycles. The molecule has 108 valence electrons. The van der Waals surface area contributed by atoms with Crippen LogP contribution in [-0.4, -0.2) is 25.7 Å². The normalized spacial score (nSPS) is 25.4. The Hall–Kier alpha value is -1.71. The molecule has 0 amide bonds. The minimum Gasteiger partial charge on any atom is -0.465 e. The first-order valence-corrected chi connectivity index (χ1v) is 7.45. The topological polar surface area (TPSA) is 55.6 Å². The second-order valence-corrected chi connectivity index (χ2v) is 5.86. The first-order valence-electron chi connectivity index (χ1n) is 7.45. The number of ether oxygens (including phenoxy) is 1. The molecule has 4 nitrogen and oxygen atoms in total. The number of carbonyl (C=O) groups excluding carboxylic acids is 1. The predicted molar refractivity (Wildman–Crippen MR) is 79.9 cm³/mol. The molecule has 4 heteroatoms. The Morgan fingerprint density at radius 1 is 1.30 bits per heavy atom. The zero-order valence-corrected chi connectivity index (χ0v) is 12.0. The minimum absolute atomic E-state index is 0.300. The SMILES string of the molecule is COC(=O)c1ccc(N)c(N2CCC3CCCCC32)c1. The number of nitrogens with zero attached hydrogens (tertiary/aromatic N) is 1. The molecule has 0 radical (unpaired) electrons. The molecule has 1 aromatic rings. The van der Waals surface area contributed by atoms with Crippen LogP contribution in [0, 0.1) is 5.92 Å². The van der Waals surface area contributed by atoms with Crippen LogP contribution in [0.4, 0.5) is 11.4 Å². The molecular weight excluding hydrogens is 252 g/mol. The van der Waals surface area contributed by atoms with Crippen molar-refractivity contribution in [3.8, 4) is 0 Å². The first kappa shape index (κ1) is 13.3. The van der Waals surface area contributed by atoms with Crippen LogP contribution in [0.3, 0.4) is 0 Å². The molecule has 20 heavy (non-hydrogen) atoms. The highest BCUT2D eigenvalue weighted by atomic mass is 16.5. The van der Waals surface area contributed by atoms with Gasteiger partial charge in [0.05, 0.1) is 24.0 Å². The average Bonchev–Trinajstić information content (AvgIpc) is 2.91. The number of carbonyl (C=O) groups is 1. The molecule has 0 bridgehead atoms. The van der Waals surface area contributed by atoms with E-state index in [1.165, 1.54) is 39.2 Å². The number of nitrogens with two attached hydrogens (primary N) is 1. The minimum atomic E-state index is -0.300. The summed E-state index contributed by atoms with van der Waals surface area (Å²) in [7, 11) is 1.41. The Morgan fingerprint density at radius 2 is 2.10 bits per heavy atom. The Labute approximate surface area is 119 Å². The number of nitrogen functional groups attached to an aromatic ring is 1. The van der Waals surface area contributed by atoms with E-state index in [0.717, 1.165) is 23.8 Å². The van der Waals surface area contributed by atoms with Crippen molar-refractivity contribution in [2.45, 2.75) is 38.1 Å². The standard InChI is InChI=1S/C16H22N2O2/c1-20-16(19)12-6-7-13(17)15(10-12)18-9-8-11-4-2-3-5-14(11)18/h6-7,10-11,14H,2-5,8-9,17H2,1H3. The quantitative estimate of drug-likeness (QED) is 0.665. The summed E-state index contributed by atoms with van der Waals surface area (Å²) < 4.78 is 4.80. The smallest absolute Gasteiger partial charge is 0.337 e. The molecule has 2 fully saturated rings. The third-order valence-corrected chi connectivity index (χ3v) is 4.77. The van der Waals surface area contributed by atoms with Crippen molar-refractivity contribution in [3.63, 3.8) is 0 Å². The lowest BCUT2D eigenvalue weighted by atomic mass is 9.85.